The van der Waals surface area contributed by atoms with Crippen LogP contribution >= 0.6 is 34.8 Å². The van der Waals surface area contributed by atoms with Gasteiger partial charge in [0, 0.05) is 0 Å². The highest BCUT2D eigenvalue weighted by Gasteiger charge is 2.21. The molecule has 7 heteroatoms. The normalized spacial score (nSPS) is 10.0. The van der Waals surface area contributed by atoms with Crippen molar-refractivity contribution in [2.45, 2.75) is 0 Å². The summed E-state index contributed by atoms with van der Waals surface area (Å²) in [4.78, 5) is 14.6. The van der Waals surface area contributed by atoms with Gasteiger partial charge in [-0.1, -0.05) is 34.8 Å². The van der Waals surface area contributed by atoms with Crippen LogP contribution in [0, 0.1) is 0 Å². The van der Waals surface area contributed by atoms with Crippen LogP contribution in [0.5, 0.6) is 5.75 Å². The number of primary amides is 1. The van der Waals surface area contributed by atoms with Crippen LogP contribution in [0.15, 0.2) is 0 Å². The Kier molecular flexibility index (Phi) is 3.42. The predicted octanol–water partition coefficient (Wildman–Crippen LogP) is 2.15. The number of nitrogens with two attached hydrogens (primary N) is 1. The van der Waals surface area contributed by atoms with Gasteiger partial charge < -0.3 is 10.5 Å². The Morgan fingerprint density at radius 3 is 2.36 bits per heavy atom. The first-order valence-corrected chi connectivity index (χ1v) is 4.50. The highest BCUT2D eigenvalue weighted by atomic mass is 35.5. The number of carbonyl (C=O) groups excluding carboxylic acids is 1. The lowest BCUT2D eigenvalue weighted by atomic mass is 10.2. The molecule has 1 amide bonds. The third-order valence-corrected chi connectivity index (χ3v) is 2.46. The Morgan fingerprint density at radius 1 is 1.36 bits per heavy atom. The number of hydrogen-bond acceptors (Lipinski definition) is 3. The van der Waals surface area contributed by atoms with Gasteiger partial charge in [-0.05, 0) is 0 Å². The van der Waals surface area contributed by atoms with Gasteiger partial charge in [0.05, 0.1) is 7.11 Å². The summed E-state index contributed by atoms with van der Waals surface area (Å²) in [6.45, 7) is 0. The predicted molar refractivity (Wildman–Crippen MR) is 54.3 cm³/mol. The van der Waals surface area contributed by atoms with E-state index >= 15 is 0 Å². The summed E-state index contributed by atoms with van der Waals surface area (Å²) >= 11 is 17.0. The maximum Gasteiger partial charge on any atom is 0.255 e. The van der Waals surface area contributed by atoms with E-state index in [-0.39, 0.29) is 26.6 Å². The van der Waals surface area contributed by atoms with Gasteiger partial charge in [-0.25, -0.2) is 4.98 Å². The average Bonchev–Trinajstić information content (AvgIpc) is 2.09. The Labute approximate surface area is 94.9 Å². The van der Waals surface area contributed by atoms with Crippen molar-refractivity contribution in [2.24, 2.45) is 5.73 Å². The summed E-state index contributed by atoms with van der Waals surface area (Å²) in [5.41, 5.74) is 4.98. The highest BCUT2D eigenvalue weighted by Crippen LogP contribution is 2.36. The molecule has 0 saturated carbocycles. The standard InChI is InChI=1S/C7H5Cl3N2O2/c1-14-4-2(7(11)13)5(9)12-6(10)3(4)8/h1H3,(H2,11,13). The van der Waals surface area contributed by atoms with E-state index in [0.717, 1.165) is 0 Å². The number of ether oxygens (including phenoxy) is 1. The van der Waals surface area contributed by atoms with Crippen LogP contribution in [0.25, 0.3) is 0 Å². The third-order valence-electron chi connectivity index (χ3n) is 1.46. The van der Waals surface area contributed by atoms with Crippen molar-refractivity contribution in [3.05, 3.63) is 20.9 Å². The van der Waals surface area contributed by atoms with Crippen LogP contribution < -0.4 is 10.5 Å². The molecule has 1 aromatic rings. The first kappa shape index (κ1) is 11.4. The molecule has 0 radical (unpaired) electrons. The molecule has 4 nitrogen and oxygen atoms in total. The molecule has 0 atom stereocenters. The average molecular weight is 255 g/mol. The van der Waals surface area contributed by atoms with Crippen molar-refractivity contribution in [1.29, 1.82) is 0 Å². The van der Waals surface area contributed by atoms with Crippen molar-refractivity contribution >= 4 is 40.7 Å². The molecule has 0 aliphatic rings. The fourth-order valence-corrected chi connectivity index (χ4v) is 1.58. The van der Waals surface area contributed by atoms with Crippen LogP contribution in [-0.4, -0.2) is 18.0 Å². The number of hydrogen-bond donors (Lipinski definition) is 1. The van der Waals surface area contributed by atoms with Gasteiger partial charge in [0.25, 0.3) is 5.91 Å². The number of aromatic nitrogens is 1. The second-order valence-corrected chi connectivity index (χ2v) is 3.37. The lowest BCUT2D eigenvalue weighted by Crippen LogP contribution is -2.14. The molecule has 14 heavy (non-hydrogen) atoms. The fourth-order valence-electron chi connectivity index (χ4n) is 0.894. The van der Waals surface area contributed by atoms with Crippen molar-refractivity contribution in [3.63, 3.8) is 0 Å². The van der Waals surface area contributed by atoms with Crippen molar-refractivity contribution in [3.8, 4) is 5.75 Å². The maximum atomic E-state index is 11.0. The summed E-state index contributed by atoms with van der Waals surface area (Å²) in [6.07, 6.45) is 0. The van der Waals surface area contributed by atoms with Gasteiger partial charge in [-0.3, -0.25) is 4.79 Å². The monoisotopic (exact) mass is 254 g/mol. The molecule has 2 N–H and O–H groups in total. The molecule has 0 unspecified atom stereocenters. The maximum absolute atomic E-state index is 11.0. The number of carbonyl (C=O) groups is 1. The van der Waals surface area contributed by atoms with Crippen LogP contribution in [-0.2, 0) is 0 Å². The largest absolute Gasteiger partial charge is 0.494 e. The fraction of sp³-hybridized carbons (Fsp3) is 0.143. The Bertz CT molecular complexity index is 395. The van der Waals surface area contributed by atoms with Crippen LogP contribution in [0.1, 0.15) is 10.4 Å². The van der Waals surface area contributed by atoms with E-state index in [1.165, 1.54) is 7.11 Å². The minimum absolute atomic E-state index is 0.00682. The molecule has 0 spiro atoms. The number of pyridine rings is 1. The number of amides is 1. The summed E-state index contributed by atoms with van der Waals surface area (Å²) < 4.78 is 4.86. The molecular formula is C7H5Cl3N2O2. The van der Waals surface area contributed by atoms with Gasteiger partial charge in [0.1, 0.15) is 15.7 Å². The number of rotatable bonds is 2. The van der Waals surface area contributed by atoms with E-state index in [1.54, 1.807) is 0 Å². The van der Waals surface area contributed by atoms with E-state index in [1.807, 2.05) is 0 Å². The number of methoxy groups -OCH3 is 1. The van der Waals surface area contributed by atoms with Crippen molar-refractivity contribution in [2.75, 3.05) is 7.11 Å². The quantitative estimate of drug-likeness (QED) is 0.824. The zero-order valence-electron chi connectivity index (χ0n) is 6.97. The van der Waals surface area contributed by atoms with E-state index in [9.17, 15) is 4.79 Å². The second-order valence-electron chi connectivity index (χ2n) is 2.28. The smallest absolute Gasteiger partial charge is 0.255 e. The number of nitrogens with zero attached hydrogens (tertiary/aromatic N) is 1. The van der Waals surface area contributed by atoms with Gasteiger partial charge in [-0.15, -0.1) is 0 Å². The molecule has 0 bridgehead atoms. The first-order chi connectivity index (χ1) is 6.49. The molecule has 0 aliphatic carbocycles. The van der Waals surface area contributed by atoms with E-state index < -0.39 is 5.91 Å². The van der Waals surface area contributed by atoms with E-state index in [4.69, 9.17) is 45.3 Å². The van der Waals surface area contributed by atoms with E-state index in [2.05, 4.69) is 4.98 Å². The molecule has 1 aromatic heterocycles. The molecule has 0 saturated heterocycles. The Hall–Kier alpha value is -0.710. The lowest BCUT2D eigenvalue weighted by molar-refractivity contribution is 0.0997. The lowest BCUT2D eigenvalue weighted by Gasteiger charge is -2.09. The molecule has 0 fully saturated rings. The summed E-state index contributed by atoms with van der Waals surface area (Å²) in [5.74, 6) is -0.748. The molecule has 1 rings (SSSR count). The molecule has 0 aromatic carbocycles. The van der Waals surface area contributed by atoms with Gasteiger partial charge in [0.15, 0.2) is 10.9 Å². The topological polar surface area (TPSA) is 65.2 Å². The SMILES string of the molecule is COc1c(Cl)c(Cl)nc(Cl)c1C(N)=O. The van der Waals surface area contributed by atoms with E-state index in [0.29, 0.717) is 0 Å². The molecule has 76 valence electrons. The Morgan fingerprint density at radius 2 is 1.93 bits per heavy atom. The van der Waals surface area contributed by atoms with Gasteiger partial charge in [0.2, 0.25) is 0 Å². The van der Waals surface area contributed by atoms with Gasteiger partial charge >= 0.3 is 0 Å². The zero-order chi connectivity index (χ0) is 10.9. The Balaban J connectivity index is 3.55. The summed E-state index contributed by atoms with van der Waals surface area (Å²) in [7, 11) is 1.32. The van der Waals surface area contributed by atoms with Gasteiger partial charge in [-0.2, -0.15) is 0 Å². The zero-order valence-corrected chi connectivity index (χ0v) is 9.24. The number of halogens is 3. The third kappa shape index (κ3) is 1.87. The highest BCUT2D eigenvalue weighted by molar-refractivity contribution is 6.44. The minimum atomic E-state index is -0.780. The summed E-state index contributed by atoms with van der Waals surface area (Å²) in [5, 5.41) is -0.172. The second kappa shape index (κ2) is 4.21. The first-order valence-electron chi connectivity index (χ1n) is 3.37. The molecule has 1 heterocycles. The van der Waals surface area contributed by atoms with Crippen LogP contribution in [0.3, 0.4) is 0 Å². The van der Waals surface area contributed by atoms with Crippen molar-refractivity contribution in [1.82, 2.24) is 4.98 Å². The van der Waals surface area contributed by atoms with Crippen molar-refractivity contribution < 1.29 is 9.53 Å². The van der Waals surface area contributed by atoms with Crippen LogP contribution in [0.4, 0.5) is 0 Å². The summed E-state index contributed by atoms with van der Waals surface area (Å²) in [6, 6.07) is 0. The van der Waals surface area contributed by atoms with Crippen LogP contribution in [0.2, 0.25) is 15.3 Å². The molecular weight excluding hydrogens is 250 g/mol. The molecule has 0 aliphatic heterocycles. The minimum Gasteiger partial charge on any atom is -0.494 e.